The Morgan fingerprint density at radius 1 is 1.08 bits per heavy atom. The van der Waals surface area contributed by atoms with Gasteiger partial charge in [0.15, 0.2) is 10.9 Å². The van der Waals surface area contributed by atoms with Crippen molar-refractivity contribution in [1.82, 2.24) is 15.2 Å². The van der Waals surface area contributed by atoms with Gasteiger partial charge < -0.3 is 34.1 Å². The molecule has 0 aliphatic carbocycles. The van der Waals surface area contributed by atoms with Crippen molar-refractivity contribution in [1.29, 1.82) is 5.26 Å². The summed E-state index contributed by atoms with van der Waals surface area (Å²) in [5.41, 5.74) is -5.71. The van der Waals surface area contributed by atoms with Gasteiger partial charge >= 0.3 is 12.1 Å². The highest BCUT2D eigenvalue weighted by Gasteiger charge is 2.52. The van der Waals surface area contributed by atoms with Gasteiger partial charge in [-0.3, -0.25) is 19.3 Å². The van der Waals surface area contributed by atoms with Crippen LogP contribution in [-0.4, -0.2) is 103 Å². The minimum absolute atomic E-state index is 0.0723. The number of pyridine rings is 1. The van der Waals surface area contributed by atoms with Crippen LogP contribution in [0.1, 0.15) is 95.1 Å². The number of thiocarbonyl (C=S) groups is 1. The van der Waals surface area contributed by atoms with Crippen LogP contribution >= 0.6 is 12.2 Å². The summed E-state index contributed by atoms with van der Waals surface area (Å²) in [5, 5.41) is 11.6. The maximum absolute atomic E-state index is 15.4. The topological polar surface area (TPSA) is 164 Å². The van der Waals surface area contributed by atoms with Crippen LogP contribution in [0.15, 0.2) is 24.4 Å². The van der Waals surface area contributed by atoms with Gasteiger partial charge in [-0.05, 0) is 88.7 Å². The first-order valence-electron chi connectivity index (χ1n) is 19.1. The zero-order valence-corrected chi connectivity index (χ0v) is 35.0. The lowest BCUT2D eigenvalue weighted by atomic mass is 9.85. The third kappa shape index (κ3) is 10.8. The minimum atomic E-state index is -5.24. The van der Waals surface area contributed by atoms with Gasteiger partial charge in [0.1, 0.15) is 29.3 Å². The zero-order valence-electron chi connectivity index (χ0n) is 34.2. The maximum Gasteiger partial charge on any atom is 0.420 e. The number of ether oxygens (including phenoxy) is 4. The monoisotopic (exact) mass is 850 g/mol. The lowest BCUT2D eigenvalue weighted by molar-refractivity contribution is -0.141. The summed E-state index contributed by atoms with van der Waals surface area (Å²) in [5.74, 6) is -4.09. The Balaban J connectivity index is 1.26. The van der Waals surface area contributed by atoms with Gasteiger partial charge in [0.25, 0.3) is 5.91 Å². The Morgan fingerprint density at radius 3 is 2.36 bits per heavy atom. The second-order valence-corrected chi connectivity index (χ2v) is 16.1. The van der Waals surface area contributed by atoms with E-state index >= 15 is 4.39 Å². The lowest BCUT2D eigenvalue weighted by Gasteiger charge is -2.35. The molecule has 0 saturated carbocycles. The molecule has 1 aromatic heterocycles. The molecular weight excluding hydrogens is 801 g/mol. The number of amides is 3. The standard InChI is InChI=1S/C40H50F4N6O8S/c1-24-12-10-15-48(24)34(52)32(38(2,3)4)47-29(51)23-57-18-11-17-56-16-8-9-19-58-33-27(35(53)55-7)20-26(22-46-33)50-37(59)49(36(54)39(50,5)6)28-14-13-25(21-45)30(31(28)41)40(42,43)44/h13-14,20,22,24,32H,8-12,15-19,23H2,1-7H3,(H,47,51). The Hall–Kier alpha value is -4.93. The molecule has 1 N–H and O–H groups in total. The minimum Gasteiger partial charge on any atom is -0.477 e. The summed E-state index contributed by atoms with van der Waals surface area (Å²) < 4.78 is 78.5. The molecule has 59 heavy (non-hydrogen) atoms. The summed E-state index contributed by atoms with van der Waals surface area (Å²) in [6.45, 7) is 12.3. The van der Waals surface area contributed by atoms with Crippen LogP contribution in [0.5, 0.6) is 5.88 Å². The Labute approximate surface area is 346 Å². The number of unbranched alkanes of at least 4 members (excludes halogenated alkanes) is 1. The van der Waals surface area contributed by atoms with E-state index in [4.69, 9.17) is 36.4 Å². The molecule has 19 heteroatoms. The molecule has 3 heterocycles. The Kier molecular flexibility index (Phi) is 15.4. The second kappa shape index (κ2) is 19.4. The van der Waals surface area contributed by atoms with Crippen LogP contribution in [-0.2, 0) is 34.8 Å². The Bertz CT molecular complexity index is 1950. The van der Waals surface area contributed by atoms with E-state index in [0.717, 1.165) is 32.1 Å². The predicted octanol–water partition coefficient (Wildman–Crippen LogP) is 5.94. The van der Waals surface area contributed by atoms with Crippen LogP contribution < -0.4 is 19.9 Å². The number of nitrogens with zero attached hydrogens (tertiary/aromatic N) is 5. The molecule has 14 nitrogen and oxygen atoms in total. The smallest absolute Gasteiger partial charge is 0.420 e. The van der Waals surface area contributed by atoms with Crippen molar-refractivity contribution in [3.8, 4) is 11.9 Å². The molecule has 322 valence electrons. The first-order valence-corrected chi connectivity index (χ1v) is 19.5. The predicted molar refractivity (Wildman–Crippen MR) is 211 cm³/mol. The number of likely N-dealkylation sites (tertiary alicyclic amines) is 1. The van der Waals surface area contributed by atoms with Crippen LogP contribution in [0.4, 0.5) is 28.9 Å². The number of benzene rings is 1. The molecule has 0 bridgehead atoms. The van der Waals surface area contributed by atoms with Gasteiger partial charge in [-0.1, -0.05) is 20.8 Å². The molecule has 0 radical (unpaired) electrons. The number of nitriles is 1. The van der Waals surface area contributed by atoms with Gasteiger partial charge in [-0.25, -0.2) is 14.2 Å². The number of rotatable bonds is 17. The Morgan fingerprint density at radius 2 is 1.75 bits per heavy atom. The van der Waals surface area contributed by atoms with Crippen LogP contribution in [0.3, 0.4) is 0 Å². The number of methoxy groups -OCH3 is 1. The van der Waals surface area contributed by atoms with Gasteiger partial charge in [-0.2, -0.15) is 18.4 Å². The zero-order chi connectivity index (χ0) is 43.9. The first kappa shape index (κ1) is 46.8. The number of halogens is 4. The molecule has 2 aliphatic heterocycles. The largest absolute Gasteiger partial charge is 0.477 e. The highest BCUT2D eigenvalue weighted by molar-refractivity contribution is 7.81. The number of alkyl halides is 3. The van der Waals surface area contributed by atoms with Gasteiger partial charge in [0.2, 0.25) is 17.7 Å². The van der Waals surface area contributed by atoms with E-state index in [1.807, 2.05) is 32.6 Å². The van der Waals surface area contributed by atoms with E-state index in [1.54, 1.807) is 0 Å². The molecule has 2 fully saturated rings. The van der Waals surface area contributed by atoms with Crippen molar-refractivity contribution in [2.45, 2.75) is 97.4 Å². The molecule has 0 spiro atoms. The van der Waals surface area contributed by atoms with E-state index in [-0.39, 0.29) is 54.8 Å². The fraction of sp³-hybridized carbons (Fsp3) is 0.575. The highest BCUT2D eigenvalue weighted by atomic mass is 32.1. The SMILES string of the molecule is COC(=O)c1cc(N2C(=S)N(c3ccc(C#N)c(C(F)(F)F)c3F)C(=O)C2(C)C)cnc1OCCCCOCCCOCC(=O)NC(C(=O)N1CCCC1C)C(C)(C)C. The van der Waals surface area contributed by atoms with E-state index in [1.165, 1.54) is 37.1 Å². The third-order valence-electron chi connectivity index (χ3n) is 9.92. The van der Waals surface area contributed by atoms with Crippen molar-refractivity contribution in [3.63, 3.8) is 0 Å². The number of nitrogens with one attached hydrogen (secondary N) is 1. The lowest BCUT2D eigenvalue weighted by Crippen LogP contribution is -2.56. The van der Waals surface area contributed by atoms with E-state index in [2.05, 4.69) is 10.3 Å². The molecular formula is C40H50F4N6O8S. The van der Waals surface area contributed by atoms with Crippen LogP contribution in [0.25, 0.3) is 0 Å². The first-order chi connectivity index (χ1) is 27.7. The highest BCUT2D eigenvalue weighted by Crippen LogP contribution is 2.42. The third-order valence-corrected chi connectivity index (χ3v) is 10.3. The summed E-state index contributed by atoms with van der Waals surface area (Å²) in [6, 6.07) is 3.72. The summed E-state index contributed by atoms with van der Waals surface area (Å²) >= 11 is 5.49. The number of esters is 1. The fourth-order valence-electron chi connectivity index (χ4n) is 6.77. The molecule has 1 aromatic carbocycles. The van der Waals surface area contributed by atoms with Crippen LogP contribution in [0.2, 0.25) is 0 Å². The van der Waals surface area contributed by atoms with E-state index < -0.39 is 62.8 Å². The number of carbonyl (C=O) groups is 4. The summed E-state index contributed by atoms with van der Waals surface area (Å²) in [7, 11) is 1.14. The van der Waals surface area contributed by atoms with Crippen molar-refractivity contribution in [3.05, 3.63) is 46.9 Å². The number of hydrogen-bond acceptors (Lipinski definition) is 11. The molecule has 2 unspecified atom stereocenters. The number of anilines is 2. The van der Waals surface area contributed by atoms with Crippen molar-refractivity contribution >= 4 is 52.4 Å². The molecule has 2 atom stereocenters. The molecule has 2 aromatic rings. The van der Waals surface area contributed by atoms with E-state index in [0.29, 0.717) is 43.9 Å². The summed E-state index contributed by atoms with van der Waals surface area (Å²) in [6.07, 6.45) is -0.470. The average Bonchev–Trinajstić information content (AvgIpc) is 3.67. The molecule has 3 amide bonds. The van der Waals surface area contributed by atoms with Crippen molar-refractivity contribution in [2.24, 2.45) is 5.41 Å². The van der Waals surface area contributed by atoms with Crippen molar-refractivity contribution < 1.29 is 55.7 Å². The number of aromatic nitrogens is 1. The van der Waals surface area contributed by atoms with Gasteiger partial charge in [0, 0.05) is 32.4 Å². The van der Waals surface area contributed by atoms with Crippen molar-refractivity contribution in [2.75, 3.05) is 56.5 Å². The molecule has 2 saturated heterocycles. The van der Waals surface area contributed by atoms with Crippen LogP contribution in [0, 0.1) is 22.6 Å². The quantitative estimate of drug-likeness (QED) is 0.0865. The number of hydrogen-bond donors (Lipinski definition) is 1. The van der Waals surface area contributed by atoms with Gasteiger partial charge in [-0.15, -0.1) is 0 Å². The molecule has 2 aliphatic rings. The second-order valence-electron chi connectivity index (χ2n) is 15.7. The van der Waals surface area contributed by atoms with E-state index in [9.17, 15) is 32.3 Å². The average molecular weight is 851 g/mol. The molecule has 4 rings (SSSR count). The normalized spacial score (nSPS) is 17.3. The van der Waals surface area contributed by atoms with Gasteiger partial charge in [0.05, 0.1) is 42.9 Å². The fourth-order valence-corrected chi connectivity index (χ4v) is 7.28. The summed E-state index contributed by atoms with van der Waals surface area (Å²) in [4.78, 5) is 60.1. The number of carbonyl (C=O) groups excluding carboxylic acids is 4. The maximum atomic E-state index is 15.4.